The number of pyridine rings is 1. The van der Waals surface area contributed by atoms with Crippen LogP contribution in [0.5, 0.6) is 0 Å². The van der Waals surface area contributed by atoms with Crippen LogP contribution >= 0.6 is 0 Å². The van der Waals surface area contributed by atoms with Crippen LogP contribution in [-0.2, 0) is 20.4 Å². The SMILES string of the molecule is CCOC(=O)CCN1CCN(c2cnc(-c3nc4nc(-c5ccc(F)c(C(F)(F)F)c5)cc(N(C)CC5(COC)CCCC5)c4[nH]3)cn2)CC1. The Labute approximate surface area is 288 Å². The van der Waals surface area contributed by atoms with Crippen LogP contribution < -0.4 is 9.80 Å². The van der Waals surface area contributed by atoms with Gasteiger partial charge >= 0.3 is 12.1 Å². The smallest absolute Gasteiger partial charge is 0.419 e. The van der Waals surface area contributed by atoms with Gasteiger partial charge in [-0.25, -0.2) is 24.3 Å². The van der Waals surface area contributed by atoms with Gasteiger partial charge in [0.25, 0.3) is 0 Å². The van der Waals surface area contributed by atoms with Gasteiger partial charge < -0.3 is 24.3 Å². The number of anilines is 2. The lowest BCUT2D eigenvalue weighted by Crippen LogP contribution is -2.47. The Morgan fingerprint density at radius 2 is 1.80 bits per heavy atom. The number of alkyl halides is 3. The first kappa shape index (κ1) is 35.5. The minimum absolute atomic E-state index is 0.0743. The molecule has 0 unspecified atom stereocenters. The van der Waals surface area contributed by atoms with Gasteiger partial charge in [0, 0.05) is 64.4 Å². The number of methoxy groups -OCH3 is 1. The van der Waals surface area contributed by atoms with Gasteiger partial charge in [0.1, 0.15) is 22.8 Å². The first-order valence-corrected chi connectivity index (χ1v) is 16.9. The Bertz CT molecular complexity index is 1790. The lowest BCUT2D eigenvalue weighted by atomic mass is 9.86. The number of piperazine rings is 1. The molecule has 1 aromatic carbocycles. The highest BCUT2D eigenvalue weighted by atomic mass is 19.4. The molecule has 1 saturated heterocycles. The second kappa shape index (κ2) is 14.9. The molecule has 1 aliphatic heterocycles. The highest BCUT2D eigenvalue weighted by Crippen LogP contribution is 2.41. The summed E-state index contributed by atoms with van der Waals surface area (Å²) in [4.78, 5) is 40.1. The van der Waals surface area contributed by atoms with Crippen LogP contribution in [0, 0.1) is 11.2 Å². The minimum atomic E-state index is -4.86. The Kier molecular flexibility index (Phi) is 10.5. The third-order valence-corrected chi connectivity index (χ3v) is 9.62. The van der Waals surface area contributed by atoms with E-state index in [1.165, 1.54) is 6.07 Å². The third kappa shape index (κ3) is 7.83. The molecule has 0 bridgehead atoms. The van der Waals surface area contributed by atoms with Crippen LogP contribution in [0.3, 0.4) is 0 Å². The van der Waals surface area contributed by atoms with Crippen molar-refractivity contribution in [3.05, 3.63) is 48.0 Å². The van der Waals surface area contributed by atoms with Gasteiger partial charge in [0.2, 0.25) is 0 Å². The zero-order valence-electron chi connectivity index (χ0n) is 28.5. The summed E-state index contributed by atoms with van der Waals surface area (Å²) >= 11 is 0. The maximum Gasteiger partial charge on any atom is 0.419 e. The molecule has 0 atom stereocenters. The Morgan fingerprint density at radius 1 is 1.04 bits per heavy atom. The number of ether oxygens (including phenoxy) is 2. The molecule has 2 fully saturated rings. The van der Waals surface area contributed by atoms with E-state index >= 15 is 0 Å². The van der Waals surface area contributed by atoms with E-state index in [-0.39, 0.29) is 28.3 Å². The predicted molar refractivity (Wildman–Crippen MR) is 181 cm³/mol. The Balaban J connectivity index is 1.28. The third-order valence-electron chi connectivity index (χ3n) is 9.62. The average molecular weight is 699 g/mol. The summed E-state index contributed by atoms with van der Waals surface area (Å²) in [6, 6.07) is 4.61. The van der Waals surface area contributed by atoms with Crippen LogP contribution in [-0.4, -0.2) is 102 Å². The van der Waals surface area contributed by atoms with E-state index < -0.39 is 17.6 Å². The van der Waals surface area contributed by atoms with Gasteiger partial charge in [-0.3, -0.25) is 9.69 Å². The molecule has 3 aromatic heterocycles. The molecular formula is C35H42F4N8O3. The van der Waals surface area contributed by atoms with E-state index in [2.05, 4.69) is 34.6 Å². The number of rotatable bonds is 12. The van der Waals surface area contributed by atoms with E-state index in [0.29, 0.717) is 61.3 Å². The fourth-order valence-electron chi connectivity index (χ4n) is 7.10. The number of aromatic amines is 1. The van der Waals surface area contributed by atoms with Crippen molar-refractivity contribution in [1.82, 2.24) is 29.8 Å². The summed E-state index contributed by atoms with van der Waals surface area (Å²) in [6.45, 7) is 7.07. The summed E-state index contributed by atoms with van der Waals surface area (Å²) in [6.07, 6.45) is 3.01. The molecule has 4 heterocycles. The largest absolute Gasteiger partial charge is 0.466 e. The molecule has 0 amide bonds. The number of nitrogens with one attached hydrogen (secondary N) is 1. The first-order chi connectivity index (χ1) is 24.0. The van der Waals surface area contributed by atoms with Crippen LogP contribution in [0.15, 0.2) is 36.7 Å². The number of H-pyrrole nitrogens is 1. The summed E-state index contributed by atoms with van der Waals surface area (Å²) in [5, 5.41) is 0. The maximum absolute atomic E-state index is 14.2. The van der Waals surface area contributed by atoms with Crippen molar-refractivity contribution in [1.29, 1.82) is 0 Å². The van der Waals surface area contributed by atoms with Crippen molar-refractivity contribution < 1.29 is 31.8 Å². The first-order valence-electron chi connectivity index (χ1n) is 16.9. The number of imidazole rings is 1. The van der Waals surface area contributed by atoms with Crippen LogP contribution in [0.2, 0.25) is 0 Å². The van der Waals surface area contributed by atoms with Crippen molar-refractivity contribution in [2.45, 2.75) is 45.2 Å². The number of carbonyl (C=O) groups is 1. The van der Waals surface area contributed by atoms with Gasteiger partial charge in [-0.2, -0.15) is 13.2 Å². The number of carbonyl (C=O) groups excluding carboxylic acids is 1. The molecule has 0 radical (unpaired) electrons. The zero-order valence-corrected chi connectivity index (χ0v) is 28.5. The highest BCUT2D eigenvalue weighted by molar-refractivity contribution is 5.91. The number of esters is 1. The molecule has 50 heavy (non-hydrogen) atoms. The molecule has 1 saturated carbocycles. The molecule has 1 N–H and O–H groups in total. The van der Waals surface area contributed by atoms with Gasteiger partial charge in [-0.05, 0) is 44.0 Å². The van der Waals surface area contributed by atoms with Crippen molar-refractivity contribution in [3.8, 4) is 22.8 Å². The molecule has 0 spiro atoms. The number of aromatic nitrogens is 5. The minimum Gasteiger partial charge on any atom is -0.466 e. The Hall–Kier alpha value is -4.37. The summed E-state index contributed by atoms with van der Waals surface area (Å²) in [7, 11) is 3.63. The lowest BCUT2D eigenvalue weighted by molar-refractivity contribution is -0.143. The topological polar surface area (TPSA) is 113 Å². The van der Waals surface area contributed by atoms with E-state index in [4.69, 9.17) is 14.5 Å². The van der Waals surface area contributed by atoms with Crippen molar-refractivity contribution >= 4 is 28.6 Å². The quantitative estimate of drug-likeness (QED) is 0.141. The second-order valence-corrected chi connectivity index (χ2v) is 13.1. The molecule has 268 valence electrons. The second-order valence-electron chi connectivity index (χ2n) is 13.1. The number of hydrogen-bond acceptors (Lipinski definition) is 10. The van der Waals surface area contributed by atoms with Crippen LogP contribution in [0.4, 0.5) is 29.1 Å². The summed E-state index contributed by atoms with van der Waals surface area (Å²) in [5.41, 5.74) is 0.976. The van der Waals surface area contributed by atoms with E-state index in [0.717, 1.165) is 64.0 Å². The van der Waals surface area contributed by atoms with Crippen molar-refractivity contribution in [3.63, 3.8) is 0 Å². The molecule has 11 nitrogen and oxygen atoms in total. The highest BCUT2D eigenvalue weighted by Gasteiger charge is 2.36. The van der Waals surface area contributed by atoms with Crippen LogP contribution in [0.25, 0.3) is 33.9 Å². The molecule has 15 heteroatoms. The fourth-order valence-corrected chi connectivity index (χ4v) is 7.10. The molecular weight excluding hydrogens is 656 g/mol. The Morgan fingerprint density at radius 3 is 2.46 bits per heavy atom. The normalized spacial score (nSPS) is 16.7. The maximum atomic E-state index is 14.2. The molecule has 6 rings (SSSR count). The number of nitrogens with zero attached hydrogens (tertiary/aromatic N) is 7. The lowest BCUT2D eigenvalue weighted by Gasteiger charge is -2.35. The average Bonchev–Trinajstić information content (AvgIpc) is 3.74. The van der Waals surface area contributed by atoms with Crippen molar-refractivity contribution in [2.24, 2.45) is 5.41 Å². The zero-order chi connectivity index (χ0) is 35.5. The van der Waals surface area contributed by atoms with E-state index in [9.17, 15) is 22.4 Å². The summed E-state index contributed by atoms with van der Waals surface area (Å²) < 4.78 is 65.8. The van der Waals surface area contributed by atoms with E-state index in [1.807, 2.05) is 7.05 Å². The standard InChI is InChI=1S/C35H42F4N8O3/c1-4-50-30(48)9-12-46-13-15-47(16-14-46)29-20-40-27(19-41-29)32-43-31-28(45(2)21-34(22-49-3)10-5-6-11-34)18-26(42-33(31)44-32)23-7-8-25(36)24(17-23)35(37,38)39/h7-8,17-20H,4-6,9-16,21-22H2,1-3H3,(H,42,43,44). The number of fused-ring (bicyclic) bond motifs is 1. The van der Waals surface area contributed by atoms with Gasteiger partial charge in [-0.15, -0.1) is 0 Å². The van der Waals surface area contributed by atoms with Gasteiger partial charge in [-0.1, -0.05) is 12.8 Å². The van der Waals surface area contributed by atoms with Crippen LogP contribution in [0.1, 0.15) is 44.6 Å². The molecule has 1 aliphatic carbocycles. The van der Waals surface area contributed by atoms with E-state index in [1.54, 1.807) is 32.5 Å². The van der Waals surface area contributed by atoms with Crippen molar-refractivity contribution in [2.75, 3.05) is 76.4 Å². The monoisotopic (exact) mass is 698 g/mol. The number of benzene rings is 1. The predicted octanol–water partition coefficient (Wildman–Crippen LogP) is 5.96. The number of halogens is 4. The molecule has 4 aromatic rings. The van der Waals surface area contributed by atoms with Gasteiger partial charge in [0.05, 0.1) is 49.0 Å². The fraction of sp³-hybridized carbons (Fsp3) is 0.514. The summed E-state index contributed by atoms with van der Waals surface area (Å²) in [5.74, 6) is -0.415. The number of hydrogen-bond donors (Lipinski definition) is 1. The molecule has 2 aliphatic rings. The van der Waals surface area contributed by atoms with Gasteiger partial charge in [0.15, 0.2) is 11.5 Å².